The molecule has 1 aliphatic heterocycles. The first kappa shape index (κ1) is 18.1. The molecule has 1 aliphatic carbocycles. The van der Waals surface area contributed by atoms with Crippen LogP contribution in [0, 0.1) is 0 Å². The molecular formula is C15H28N2O3S2. The van der Waals surface area contributed by atoms with Gasteiger partial charge >= 0.3 is 0 Å². The first-order valence-corrected chi connectivity index (χ1v) is 11.2. The molecule has 128 valence electrons. The van der Waals surface area contributed by atoms with Crippen LogP contribution in [0.25, 0.3) is 0 Å². The zero-order valence-electron chi connectivity index (χ0n) is 13.2. The summed E-state index contributed by atoms with van der Waals surface area (Å²) in [5.74, 6) is 0.882. The molecule has 22 heavy (non-hydrogen) atoms. The lowest BCUT2D eigenvalue weighted by molar-refractivity contribution is -0.118. The summed E-state index contributed by atoms with van der Waals surface area (Å²) in [7, 11) is -2.84. The minimum Gasteiger partial charge on any atom is -0.354 e. The molecule has 2 N–H and O–H groups in total. The number of rotatable bonds is 7. The lowest BCUT2D eigenvalue weighted by Gasteiger charge is -2.16. The Morgan fingerprint density at radius 3 is 2.41 bits per heavy atom. The molecule has 0 aromatic carbocycles. The van der Waals surface area contributed by atoms with Gasteiger partial charge in [-0.25, -0.2) is 8.42 Å². The van der Waals surface area contributed by atoms with Crippen molar-refractivity contribution >= 4 is 27.5 Å². The van der Waals surface area contributed by atoms with Crippen LogP contribution in [0.4, 0.5) is 0 Å². The molecule has 0 aromatic rings. The molecule has 0 bridgehead atoms. The van der Waals surface area contributed by atoms with E-state index in [0.29, 0.717) is 24.8 Å². The number of carbonyl (C=O) groups is 1. The summed E-state index contributed by atoms with van der Waals surface area (Å²) in [4.78, 5) is 11.8. The van der Waals surface area contributed by atoms with Crippen molar-refractivity contribution in [2.75, 3.05) is 30.3 Å². The van der Waals surface area contributed by atoms with Crippen LogP contribution in [0.3, 0.4) is 0 Å². The highest BCUT2D eigenvalue weighted by atomic mass is 32.2. The van der Waals surface area contributed by atoms with Crippen molar-refractivity contribution in [1.82, 2.24) is 10.6 Å². The monoisotopic (exact) mass is 348 g/mol. The Labute approximate surface area is 138 Å². The van der Waals surface area contributed by atoms with Crippen molar-refractivity contribution in [3.63, 3.8) is 0 Å². The quantitative estimate of drug-likeness (QED) is 0.536. The number of thioether (sulfide) groups is 1. The maximum atomic E-state index is 11.8. The van der Waals surface area contributed by atoms with Crippen LogP contribution in [0.1, 0.15) is 44.9 Å². The van der Waals surface area contributed by atoms with Crippen molar-refractivity contribution in [3.05, 3.63) is 0 Å². The number of carbonyl (C=O) groups excluding carboxylic acids is 1. The molecule has 1 unspecified atom stereocenters. The van der Waals surface area contributed by atoms with E-state index in [2.05, 4.69) is 10.6 Å². The van der Waals surface area contributed by atoms with Gasteiger partial charge in [-0.3, -0.25) is 4.79 Å². The fourth-order valence-electron chi connectivity index (χ4n) is 3.10. The second-order valence-corrected chi connectivity index (χ2v) is 9.85. The van der Waals surface area contributed by atoms with E-state index in [1.54, 1.807) is 0 Å². The summed E-state index contributed by atoms with van der Waals surface area (Å²) in [5, 5.41) is 6.53. The van der Waals surface area contributed by atoms with E-state index in [9.17, 15) is 13.2 Å². The minimum absolute atomic E-state index is 0.0111. The number of amides is 1. The second kappa shape index (κ2) is 9.13. The van der Waals surface area contributed by atoms with E-state index in [0.717, 1.165) is 6.54 Å². The molecule has 7 heteroatoms. The van der Waals surface area contributed by atoms with Gasteiger partial charge in [0.2, 0.25) is 5.91 Å². The van der Waals surface area contributed by atoms with Gasteiger partial charge in [0, 0.05) is 24.4 Å². The van der Waals surface area contributed by atoms with Crippen molar-refractivity contribution in [3.8, 4) is 0 Å². The summed E-state index contributed by atoms with van der Waals surface area (Å²) in [6.45, 7) is 1.47. The predicted molar refractivity (Wildman–Crippen MR) is 92.0 cm³/mol. The third-order valence-corrected chi connectivity index (χ3v) is 7.66. The van der Waals surface area contributed by atoms with Gasteiger partial charge in [0.25, 0.3) is 0 Å². The van der Waals surface area contributed by atoms with Crippen LogP contribution in [0.15, 0.2) is 0 Å². The summed E-state index contributed by atoms with van der Waals surface area (Å²) >= 11 is 1.47. The van der Waals surface area contributed by atoms with Gasteiger partial charge in [0.15, 0.2) is 9.84 Å². The largest absolute Gasteiger partial charge is 0.354 e. The van der Waals surface area contributed by atoms with Crippen LogP contribution in [-0.4, -0.2) is 56.0 Å². The van der Waals surface area contributed by atoms with Crippen molar-refractivity contribution < 1.29 is 13.2 Å². The van der Waals surface area contributed by atoms with Gasteiger partial charge in [0.1, 0.15) is 0 Å². The summed E-state index contributed by atoms with van der Waals surface area (Å²) in [6, 6.07) is 0.609. The second-order valence-electron chi connectivity index (χ2n) is 6.33. The minimum atomic E-state index is -2.84. The van der Waals surface area contributed by atoms with E-state index in [1.807, 2.05) is 0 Å². The topological polar surface area (TPSA) is 75.3 Å². The maximum Gasteiger partial charge on any atom is 0.230 e. The molecule has 1 heterocycles. The molecule has 1 amide bonds. The molecule has 1 atom stereocenters. The first-order chi connectivity index (χ1) is 10.6. The Bertz CT molecular complexity index is 446. The highest BCUT2D eigenvalue weighted by Gasteiger charge is 2.28. The van der Waals surface area contributed by atoms with Crippen LogP contribution in [-0.2, 0) is 14.6 Å². The molecule has 5 nitrogen and oxygen atoms in total. The van der Waals surface area contributed by atoms with Crippen LogP contribution < -0.4 is 10.6 Å². The normalized spacial score (nSPS) is 25.7. The maximum absolute atomic E-state index is 11.8. The fraction of sp³-hybridized carbons (Fsp3) is 0.933. The third-order valence-electron chi connectivity index (χ3n) is 4.38. The van der Waals surface area contributed by atoms with Gasteiger partial charge in [-0.15, -0.1) is 11.8 Å². The molecule has 0 radical (unpaired) electrons. The molecule has 2 fully saturated rings. The molecule has 1 saturated heterocycles. The molecule has 0 aromatic heterocycles. The van der Waals surface area contributed by atoms with Crippen molar-refractivity contribution in [2.45, 2.75) is 56.2 Å². The van der Waals surface area contributed by atoms with E-state index in [-0.39, 0.29) is 22.7 Å². The van der Waals surface area contributed by atoms with E-state index >= 15 is 0 Å². The zero-order valence-corrected chi connectivity index (χ0v) is 14.8. The Morgan fingerprint density at radius 1 is 1.05 bits per heavy atom. The van der Waals surface area contributed by atoms with E-state index in [4.69, 9.17) is 0 Å². The Morgan fingerprint density at radius 2 is 1.77 bits per heavy atom. The third kappa shape index (κ3) is 6.87. The fourth-order valence-corrected chi connectivity index (χ4v) is 6.57. The van der Waals surface area contributed by atoms with Gasteiger partial charge in [-0.1, -0.05) is 25.7 Å². The molecule has 1 saturated carbocycles. The molecule has 0 spiro atoms. The highest BCUT2D eigenvalue weighted by molar-refractivity contribution is 8.02. The lowest BCUT2D eigenvalue weighted by atomic mass is 10.1. The van der Waals surface area contributed by atoms with Crippen molar-refractivity contribution in [1.29, 1.82) is 0 Å². The van der Waals surface area contributed by atoms with Gasteiger partial charge in [-0.2, -0.15) is 0 Å². The SMILES string of the molecule is O=C(CSC1CCS(=O)(=O)C1)NCCNC1CCCCCC1. The van der Waals surface area contributed by atoms with Crippen LogP contribution in [0.5, 0.6) is 0 Å². The summed E-state index contributed by atoms with van der Waals surface area (Å²) in [6.07, 6.45) is 8.51. The van der Waals surface area contributed by atoms with Crippen molar-refractivity contribution in [2.24, 2.45) is 0 Å². The zero-order chi connectivity index (χ0) is 15.8. The number of sulfone groups is 1. The molecular weight excluding hydrogens is 320 g/mol. The highest BCUT2D eigenvalue weighted by Crippen LogP contribution is 2.23. The van der Waals surface area contributed by atoms with Gasteiger partial charge in [-0.05, 0) is 19.3 Å². The Balaban J connectivity index is 1.50. The average molecular weight is 349 g/mol. The average Bonchev–Trinajstić information content (AvgIpc) is 2.67. The summed E-state index contributed by atoms with van der Waals surface area (Å²) in [5.41, 5.74) is 0. The molecule has 2 rings (SSSR count). The summed E-state index contributed by atoms with van der Waals surface area (Å²) < 4.78 is 22.7. The van der Waals surface area contributed by atoms with Crippen LogP contribution in [0.2, 0.25) is 0 Å². The Kier molecular flexibility index (Phi) is 7.50. The standard InChI is InChI=1S/C15H28N2O3S2/c18-15(11-21-14-7-10-22(19,20)12-14)17-9-8-16-13-5-3-1-2-4-6-13/h13-14,16H,1-12H2,(H,17,18). The smallest absolute Gasteiger partial charge is 0.230 e. The predicted octanol–water partition coefficient (Wildman–Crippen LogP) is 1.34. The van der Waals surface area contributed by atoms with E-state index in [1.165, 1.54) is 50.3 Å². The Hall–Kier alpha value is -0.270. The van der Waals surface area contributed by atoms with Gasteiger partial charge in [0.05, 0.1) is 17.3 Å². The number of hydrogen-bond acceptors (Lipinski definition) is 5. The number of hydrogen-bond donors (Lipinski definition) is 2. The van der Waals surface area contributed by atoms with E-state index < -0.39 is 9.84 Å². The van der Waals surface area contributed by atoms with Gasteiger partial charge < -0.3 is 10.6 Å². The first-order valence-electron chi connectivity index (χ1n) is 8.37. The molecule has 2 aliphatic rings. The van der Waals surface area contributed by atoms with Crippen LogP contribution >= 0.6 is 11.8 Å². The lowest BCUT2D eigenvalue weighted by Crippen LogP contribution is -2.37. The number of nitrogens with one attached hydrogen (secondary N) is 2.